The van der Waals surface area contributed by atoms with E-state index in [9.17, 15) is 14.4 Å². The average molecular weight is 351 g/mol. The van der Waals surface area contributed by atoms with Gasteiger partial charge in [0, 0.05) is 18.9 Å². The van der Waals surface area contributed by atoms with Gasteiger partial charge in [-0.2, -0.15) is 5.26 Å². The summed E-state index contributed by atoms with van der Waals surface area (Å²) >= 11 is 0. The van der Waals surface area contributed by atoms with Crippen molar-refractivity contribution >= 4 is 17.8 Å². The monoisotopic (exact) mass is 351 g/mol. The number of rotatable bonds is 6. The lowest BCUT2D eigenvalue weighted by Crippen LogP contribution is -2.45. The van der Waals surface area contributed by atoms with Crippen LogP contribution >= 0.6 is 0 Å². The maximum Gasteiger partial charge on any atom is 0.308 e. The summed E-state index contributed by atoms with van der Waals surface area (Å²) in [5.41, 5.74) is 6.87. The van der Waals surface area contributed by atoms with Gasteiger partial charge in [0.1, 0.15) is 11.8 Å². The number of ether oxygens (including phenoxy) is 1. The highest BCUT2D eigenvalue weighted by Gasteiger charge is 2.20. The van der Waals surface area contributed by atoms with Gasteiger partial charge in [0.2, 0.25) is 5.91 Å². The molecule has 0 aliphatic heterocycles. The van der Waals surface area contributed by atoms with E-state index in [1.807, 2.05) is 6.07 Å². The summed E-state index contributed by atoms with van der Waals surface area (Å²) in [6.45, 7) is 1.26. The molecule has 0 radical (unpaired) electrons. The standard InChI is InChI=1S/C19H17N3O4/c1-12(23)26-16-4-2-3-15(10-16)19(25)22-17(18(21)24)9-13-5-7-14(11-20)8-6-13/h2-8,10,17H,9H2,1H3,(H2,21,24)(H,22,25)/t17-/m0/s1. The highest BCUT2D eigenvalue weighted by Crippen LogP contribution is 2.14. The van der Waals surface area contributed by atoms with Gasteiger partial charge in [0.25, 0.3) is 5.91 Å². The molecule has 1 atom stereocenters. The molecule has 2 aromatic carbocycles. The third kappa shape index (κ3) is 5.18. The molecule has 0 heterocycles. The molecule has 0 aliphatic carbocycles. The Labute approximate surface area is 150 Å². The highest BCUT2D eigenvalue weighted by atomic mass is 16.5. The van der Waals surface area contributed by atoms with Crippen molar-refractivity contribution < 1.29 is 19.1 Å². The van der Waals surface area contributed by atoms with Gasteiger partial charge in [-0.3, -0.25) is 14.4 Å². The molecule has 0 aromatic heterocycles. The normalized spacial score (nSPS) is 11.1. The van der Waals surface area contributed by atoms with E-state index in [1.54, 1.807) is 36.4 Å². The van der Waals surface area contributed by atoms with Crippen molar-refractivity contribution in [2.24, 2.45) is 5.73 Å². The number of carbonyl (C=O) groups excluding carboxylic acids is 3. The lowest BCUT2D eigenvalue weighted by atomic mass is 10.0. The predicted octanol–water partition coefficient (Wildman–Crippen LogP) is 1.31. The summed E-state index contributed by atoms with van der Waals surface area (Å²) in [5.74, 6) is -1.47. The Balaban J connectivity index is 2.11. The molecule has 132 valence electrons. The molecular weight excluding hydrogens is 334 g/mol. The van der Waals surface area contributed by atoms with Crippen LogP contribution in [-0.4, -0.2) is 23.8 Å². The van der Waals surface area contributed by atoms with Gasteiger partial charge >= 0.3 is 5.97 Å². The first-order chi connectivity index (χ1) is 12.4. The highest BCUT2D eigenvalue weighted by molar-refractivity contribution is 5.97. The van der Waals surface area contributed by atoms with E-state index in [1.165, 1.54) is 19.1 Å². The summed E-state index contributed by atoms with van der Waals surface area (Å²) in [4.78, 5) is 35.1. The van der Waals surface area contributed by atoms with Crippen LogP contribution in [0.1, 0.15) is 28.4 Å². The van der Waals surface area contributed by atoms with E-state index in [0.29, 0.717) is 5.56 Å². The van der Waals surface area contributed by atoms with Crippen LogP contribution in [-0.2, 0) is 16.0 Å². The van der Waals surface area contributed by atoms with Gasteiger partial charge in [0.05, 0.1) is 11.6 Å². The topological polar surface area (TPSA) is 122 Å². The SMILES string of the molecule is CC(=O)Oc1cccc(C(=O)N[C@@H](Cc2ccc(C#N)cc2)C(N)=O)c1. The second kappa shape index (κ2) is 8.44. The minimum atomic E-state index is -0.923. The van der Waals surface area contributed by atoms with Crippen molar-refractivity contribution in [3.05, 3.63) is 65.2 Å². The Morgan fingerprint density at radius 3 is 2.46 bits per heavy atom. The third-order valence-corrected chi connectivity index (χ3v) is 3.53. The second-order valence-electron chi connectivity index (χ2n) is 5.56. The van der Waals surface area contributed by atoms with Crippen LogP contribution in [0.5, 0.6) is 5.75 Å². The molecule has 0 unspecified atom stereocenters. The number of nitrogens with one attached hydrogen (secondary N) is 1. The minimum absolute atomic E-state index is 0.191. The molecular formula is C19H17N3O4. The van der Waals surface area contributed by atoms with Crippen molar-refractivity contribution in [3.8, 4) is 11.8 Å². The number of esters is 1. The number of primary amides is 1. The van der Waals surface area contributed by atoms with E-state index in [4.69, 9.17) is 15.7 Å². The number of benzene rings is 2. The molecule has 7 nitrogen and oxygen atoms in total. The zero-order valence-electron chi connectivity index (χ0n) is 14.1. The van der Waals surface area contributed by atoms with E-state index < -0.39 is 23.8 Å². The van der Waals surface area contributed by atoms with Gasteiger partial charge in [-0.05, 0) is 35.9 Å². The van der Waals surface area contributed by atoms with Crippen LogP contribution in [0.4, 0.5) is 0 Å². The first-order valence-electron chi connectivity index (χ1n) is 7.76. The Bertz CT molecular complexity index is 869. The zero-order chi connectivity index (χ0) is 19.1. The van der Waals surface area contributed by atoms with Crippen molar-refractivity contribution in [3.63, 3.8) is 0 Å². The molecule has 0 spiro atoms. The van der Waals surface area contributed by atoms with Gasteiger partial charge in [-0.1, -0.05) is 18.2 Å². The maximum atomic E-state index is 12.4. The Morgan fingerprint density at radius 1 is 1.19 bits per heavy atom. The summed E-state index contributed by atoms with van der Waals surface area (Å²) in [7, 11) is 0. The van der Waals surface area contributed by atoms with Gasteiger partial charge < -0.3 is 15.8 Å². The minimum Gasteiger partial charge on any atom is -0.427 e. The molecule has 0 saturated carbocycles. The molecule has 2 amide bonds. The smallest absolute Gasteiger partial charge is 0.308 e. The second-order valence-corrected chi connectivity index (χ2v) is 5.56. The summed E-state index contributed by atoms with van der Waals surface area (Å²) in [5, 5.41) is 11.4. The van der Waals surface area contributed by atoms with Crippen LogP contribution in [0.2, 0.25) is 0 Å². The van der Waals surface area contributed by atoms with Gasteiger partial charge in [0.15, 0.2) is 0 Å². The molecule has 7 heteroatoms. The molecule has 26 heavy (non-hydrogen) atoms. The largest absolute Gasteiger partial charge is 0.427 e. The summed E-state index contributed by atoms with van der Waals surface area (Å²) in [6.07, 6.45) is 0.191. The van der Waals surface area contributed by atoms with Crippen LogP contribution in [0.15, 0.2) is 48.5 Å². The molecule has 2 aromatic rings. The van der Waals surface area contributed by atoms with Crippen LogP contribution in [0, 0.1) is 11.3 Å². The quantitative estimate of drug-likeness (QED) is 0.600. The van der Waals surface area contributed by atoms with Gasteiger partial charge in [-0.15, -0.1) is 0 Å². The molecule has 0 aliphatic rings. The lowest BCUT2D eigenvalue weighted by molar-refractivity contribution is -0.131. The Kier molecular flexibility index (Phi) is 6.06. The molecule has 2 rings (SSSR count). The molecule has 0 fully saturated rings. The van der Waals surface area contributed by atoms with Crippen molar-refractivity contribution in [2.45, 2.75) is 19.4 Å². The molecule has 0 saturated heterocycles. The summed E-state index contributed by atoms with van der Waals surface area (Å²) in [6, 6.07) is 13.8. The molecule has 0 bridgehead atoms. The number of nitrogens with zero attached hydrogens (tertiary/aromatic N) is 1. The van der Waals surface area contributed by atoms with Crippen LogP contribution in [0.3, 0.4) is 0 Å². The number of carbonyl (C=O) groups is 3. The van der Waals surface area contributed by atoms with Crippen LogP contribution < -0.4 is 15.8 Å². The number of hydrogen-bond acceptors (Lipinski definition) is 5. The summed E-state index contributed by atoms with van der Waals surface area (Å²) < 4.78 is 4.94. The van der Waals surface area contributed by atoms with Crippen molar-refractivity contribution in [2.75, 3.05) is 0 Å². The van der Waals surface area contributed by atoms with E-state index >= 15 is 0 Å². The first-order valence-corrected chi connectivity index (χ1v) is 7.76. The first kappa shape index (κ1) is 18.7. The van der Waals surface area contributed by atoms with E-state index in [2.05, 4.69) is 5.32 Å². The number of nitriles is 1. The average Bonchev–Trinajstić information content (AvgIpc) is 2.61. The lowest BCUT2D eigenvalue weighted by Gasteiger charge is -2.16. The Hall–Kier alpha value is -3.66. The van der Waals surface area contributed by atoms with E-state index in [0.717, 1.165) is 5.56 Å². The molecule has 3 N–H and O–H groups in total. The van der Waals surface area contributed by atoms with Crippen LogP contribution in [0.25, 0.3) is 0 Å². The fraction of sp³-hybridized carbons (Fsp3) is 0.158. The van der Waals surface area contributed by atoms with Gasteiger partial charge in [-0.25, -0.2) is 0 Å². The maximum absolute atomic E-state index is 12.4. The predicted molar refractivity (Wildman–Crippen MR) is 93.1 cm³/mol. The number of amides is 2. The van der Waals surface area contributed by atoms with Crippen molar-refractivity contribution in [1.82, 2.24) is 5.32 Å². The number of hydrogen-bond donors (Lipinski definition) is 2. The zero-order valence-corrected chi connectivity index (χ0v) is 14.1. The fourth-order valence-electron chi connectivity index (χ4n) is 2.28. The van der Waals surface area contributed by atoms with E-state index in [-0.39, 0.29) is 17.7 Å². The Morgan fingerprint density at radius 2 is 1.88 bits per heavy atom. The van der Waals surface area contributed by atoms with Crippen molar-refractivity contribution in [1.29, 1.82) is 5.26 Å². The number of nitrogens with two attached hydrogens (primary N) is 1. The fourth-order valence-corrected chi connectivity index (χ4v) is 2.28. The third-order valence-electron chi connectivity index (χ3n) is 3.53.